The molecule has 0 amide bonds. The van der Waals surface area contributed by atoms with Crippen molar-refractivity contribution in [3.63, 3.8) is 0 Å². The molecular weight excluding hydrogens is 301 g/mol. The van der Waals surface area contributed by atoms with Gasteiger partial charge < -0.3 is 10.4 Å². The van der Waals surface area contributed by atoms with E-state index in [0.717, 1.165) is 0 Å². The summed E-state index contributed by atoms with van der Waals surface area (Å²) in [5, 5.41) is 11.7. The van der Waals surface area contributed by atoms with Gasteiger partial charge in [-0.3, -0.25) is 0 Å². The zero-order chi connectivity index (χ0) is 13.1. The van der Waals surface area contributed by atoms with E-state index >= 15 is 0 Å². The summed E-state index contributed by atoms with van der Waals surface area (Å²) in [7, 11) is 0. The number of benzene rings is 2. The Hall–Kier alpha value is -1.88. The zero-order valence-corrected chi connectivity index (χ0v) is 10.7. The van der Waals surface area contributed by atoms with Gasteiger partial charge in [-0.25, -0.2) is 9.18 Å². The van der Waals surface area contributed by atoms with Gasteiger partial charge in [0.2, 0.25) is 0 Å². The van der Waals surface area contributed by atoms with Crippen LogP contribution in [0.1, 0.15) is 10.4 Å². The maximum atomic E-state index is 13.3. The van der Waals surface area contributed by atoms with E-state index in [-0.39, 0.29) is 11.4 Å². The van der Waals surface area contributed by atoms with Crippen LogP contribution in [0.4, 0.5) is 15.8 Å². The fourth-order valence-electron chi connectivity index (χ4n) is 1.44. The number of halogens is 2. The van der Waals surface area contributed by atoms with E-state index in [0.29, 0.717) is 15.8 Å². The second kappa shape index (κ2) is 5.18. The van der Waals surface area contributed by atoms with Gasteiger partial charge in [0, 0.05) is 11.4 Å². The maximum Gasteiger partial charge on any atom is 0.335 e. The third-order valence-corrected chi connectivity index (χ3v) is 2.98. The molecular formula is C13H9BrFNO2. The van der Waals surface area contributed by atoms with E-state index < -0.39 is 5.97 Å². The summed E-state index contributed by atoms with van der Waals surface area (Å²) in [6.07, 6.45) is 0. The lowest BCUT2D eigenvalue weighted by atomic mass is 10.2. The third-order valence-electron chi connectivity index (χ3n) is 2.34. The molecule has 2 rings (SSSR count). The highest BCUT2D eigenvalue weighted by molar-refractivity contribution is 9.10. The topological polar surface area (TPSA) is 49.3 Å². The molecule has 0 saturated heterocycles. The molecule has 0 heterocycles. The quantitative estimate of drug-likeness (QED) is 0.900. The average Bonchev–Trinajstić information content (AvgIpc) is 2.34. The Morgan fingerprint density at radius 2 is 1.72 bits per heavy atom. The van der Waals surface area contributed by atoms with Crippen molar-refractivity contribution in [3.8, 4) is 0 Å². The lowest BCUT2D eigenvalue weighted by Gasteiger charge is -2.07. The number of anilines is 2. The predicted molar refractivity (Wildman–Crippen MR) is 70.8 cm³/mol. The van der Waals surface area contributed by atoms with Gasteiger partial charge in [0.1, 0.15) is 5.82 Å². The van der Waals surface area contributed by atoms with E-state index in [2.05, 4.69) is 21.2 Å². The Morgan fingerprint density at radius 3 is 2.28 bits per heavy atom. The fraction of sp³-hybridized carbons (Fsp3) is 0. The SMILES string of the molecule is O=C(O)c1ccc(Nc2ccc(Br)c(F)c2)cc1. The number of rotatable bonds is 3. The van der Waals surface area contributed by atoms with Crippen LogP contribution in [-0.2, 0) is 0 Å². The van der Waals surface area contributed by atoms with Gasteiger partial charge in [0.25, 0.3) is 0 Å². The molecule has 0 bridgehead atoms. The van der Waals surface area contributed by atoms with Crippen LogP contribution in [0, 0.1) is 5.82 Å². The van der Waals surface area contributed by atoms with Crippen molar-refractivity contribution in [2.24, 2.45) is 0 Å². The monoisotopic (exact) mass is 309 g/mol. The summed E-state index contributed by atoms with van der Waals surface area (Å²) in [5.41, 5.74) is 1.50. The molecule has 2 aromatic rings. The first-order valence-electron chi connectivity index (χ1n) is 5.12. The van der Waals surface area contributed by atoms with Gasteiger partial charge in [-0.1, -0.05) is 0 Å². The Morgan fingerprint density at radius 1 is 1.11 bits per heavy atom. The standard InChI is InChI=1S/C13H9BrFNO2/c14-11-6-5-10(7-12(11)15)16-9-3-1-8(2-4-9)13(17)18/h1-7,16H,(H,17,18). The van der Waals surface area contributed by atoms with Crippen LogP contribution in [0.25, 0.3) is 0 Å². The summed E-state index contributed by atoms with van der Waals surface area (Å²) in [5.74, 6) is -1.33. The molecule has 0 unspecified atom stereocenters. The van der Waals surface area contributed by atoms with Gasteiger partial charge in [-0.05, 0) is 58.4 Å². The number of carboxylic acid groups (broad SMARTS) is 1. The van der Waals surface area contributed by atoms with Crippen molar-refractivity contribution in [3.05, 3.63) is 58.3 Å². The number of hydrogen-bond donors (Lipinski definition) is 2. The highest BCUT2D eigenvalue weighted by Gasteiger charge is 2.03. The molecule has 0 radical (unpaired) electrons. The molecule has 0 aliphatic heterocycles. The number of hydrogen-bond acceptors (Lipinski definition) is 2. The molecule has 0 spiro atoms. The predicted octanol–water partition coefficient (Wildman–Crippen LogP) is 4.03. The minimum Gasteiger partial charge on any atom is -0.478 e. The van der Waals surface area contributed by atoms with Gasteiger partial charge >= 0.3 is 5.97 Å². The summed E-state index contributed by atoms with van der Waals surface area (Å²) in [6.45, 7) is 0. The van der Waals surface area contributed by atoms with E-state index in [1.165, 1.54) is 18.2 Å². The Bertz CT molecular complexity index is 584. The molecule has 0 aromatic heterocycles. The van der Waals surface area contributed by atoms with Crippen LogP contribution >= 0.6 is 15.9 Å². The molecule has 2 aromatic carbocycles. The number of carboxylic acids is 1. The minimum atomic E-state index is -0.976. The van der Waals surface area contributed by atoms with Crippen LogP contribution in [0.15, 0.2) is 46.9 Å². The molecule has 2 N–H and O–H groups in total. The van der Waals surface area contributed by atoms with Crippen LogP contribution in [0.2, 0.25) is 0 Å². The van der Waals surface area contributed by atoms with E-state index in [1.54, 1.807) is 24.3 Å². The first-order valence-corrected chi connectivity index (χ1v) is 5.91. The Labute approximate surface area is 111 Å². The summed E-state index contributed by atoms with van der Waals surface area (Å²) >= 11 is 3.07. The molecule has 0 aliphatic carbocycles. The first-order chi connectivity index (χ1) is 8.56. The van der Waals surface area contributed by atoms with Crippen molar-refractivity contribution in [1.29, 1.82) is 0 Å². The maximum absolute atomic E-state index is 13.3. The number of nitrogens with one attached hydrogen (secondary N) is 1. The Balaban J connectivity index is 2.18. The van der Waals surface area contributed by atoms with Crippen LogP contribution in [0.5, 0.6) is 0 Å². The molecule has 0 atom stereocenters. The smallest absolute Gasteiger partial charge is 0.335 e. The van der Waals surface area contributed by atoms with Gasteiger partial charge in [0.05, 0.1) is 10.0 Å². The number of aromatic carboxylic acids is 1. The van der Waals surface area contributed by atoms with Crippen molar-refractivity contribution in [2.75, 3.05) is 5.32 Å². The molecule has 0 saturated carbocycles. The largest absolute Gasteiger partial charge is 0.478 e. The molecule has 5 heteroatoms. The molecule has 3 nitrogen and oxygen atoms in total. The summed E-state index contributed by atoms with van der Waals surface area (Å²) < 4.78 is 13.7. The van der Waals surface area contributed by atoms with E-state index in [4.69, 9.17) is 5.11 Å². The second-order valence-corrected chi connectivity index (χ2v) is 4.49. The van der Waals surface area contributed by atoms with Gasteiger partial charge in [-0.15, -0.1) is 0 Å². The minimum absolute atomic E-state index is 0.211. The highest BCUT2D eigenvalue weighted by Crippen LogP contribution is 2.22. The third kappa shape index (κ3) is 2.87. The number of carbonyl (C=O) groups is 1. The lowest BCUT2D eigenvalue weighted by Crippen LogP contribution is -1.96. The van der Waals surface area contributed by atoms with E-state index in [1.807, 2.05) is 0 Å². The van der Waals surface area contributed by atoms with Crippen LogP contribution in [0.3, 0.4) is 0 Å². The van der Waals surface area contributed by atoms with Crippen molar-refractivity contribution >= 4 is 33.3 Å². The second-order valence-electron chi connectivity index (χ2n) is 3.64. The fourth-order valence-corrected chi connectivity index (χ4v) is 1.68. The molecule has 18 heavy (non-hydrogen) atoms. The summed E-state index contributed by atoms with van der Waals surface area (Å²) in [4.78, 5) is 10.7. The van der Waals surface area contributed by atoms with Gasteiger partial charge in [-0.2, -0.15) is 0 Å². The van der Waals surface area contributed by atoms with Crippen molar-refractivity contribution < 1.29 is 14.3 Å². The van der Waals surface area contributed by atoms with Crippen LogP contribution < -0.4 is 5.32 Å². The first kappa shape index (κ1) is 12.6. The summed E-state index contributed by atoms with van der Waals surface area (Å²) in [6, 6.07) is 10.9. The van der Waals surface area contributed by atoms with E-state index in [9.17, 15) is 9.18 Å². The lowest BCUT2D eigenvalue weighted by molar-refractivity contribution is 0.0697. The van der Waals surface area contributed by atoms with Crippen LogP contribution in [-0.4, -0.2) is 11.1 Å². The van der Waals surface area contributed by atoms with Crippen molar-refractivity contribution in [1.82, 2.24) is 0 Å². The molecule has 0 fully saturated rings. The van der Waals surface area contributed by atoms with Crippen molar-refractivity contribution in [2.45, 2.75) is 0 Å². The molecule has 92 valence electrons. The normalized spacial score (nSPS) is 10.1. The highest BCUT2D eigenvalue weighted by atomic mass is 79.9. The average molecular weight is 310 g/mol. The molecule has 0 aliphatic rings. The zero-order valence-electron chi connectivity index (χ0n) is 9.15. The Kier molecular flexibility index (Phi) is 3.62. The van der Waals surface area contributed by atoms with Gasteiger partial charge in [0.15, 0.2) is 0 Å².